The van der Waals surface area contributed by atoms with E-state index in [0.717, 1.165) is 10.5 Å². The van der Waals surface area contributed by atoms with Crippen molar-refractivity contribution < 1.29 is 33.4 Å². The summed E-state index contributed by atoms with van der Waals surface area (Å²) in [4.78, 5) is 63.0. The second-order valence-corrected chi connectivity index (χ2v) is 8.01. The molecule has 3 aromatic rings. The Balaban J connectivity index is 1.32. The van der Waals surface area contributed by atoms with Gasteiger partial charge in [0.25, 0.3) is 11.8 Å². The van der Waals surface area contributed by atoms with Crippen molar-refractivity contribution in [1.82, 2.24) is 4.90 Å². The Hall–Kier alpha value is -4.59. The van der Waals surface area contributed by atoms with Gasteiger partial charge in [-0.15, -0.1) is 0 Å². The largest absolute Gasteiger partial charge is 0.456 e. The molecule has 3 aromatic carbocycles. The summed E-state index contributed by atoms with van der Waals surface area (Å²) < 4.78 is 10.4. The maximum Gasteiger partial charge on any atom is 0.343 e. The lowest BCUT2D eigenvalue weighted by atomic mass is 10.1. The summed E-state index contributed by atoms with van der Waals surface area (Å²) in [6.07, 6.45) is 0. The van der Waals surface area contributed by atoms with Gasteiger partial charge in [0.1, 0.15) is 11.8 Å². The summed E-state index contributed by atoms with van der Waals surface area (Å²) >= 11 is 0. The Morgan fingerprint density at radius 3 is 1.91 bits per heavy atom. The monoisotopic (exact) mass is 471 g/mol. The van der Waals surface area contributed by atoms with Gasteiger partial charge in [-0.2, -0.15) is 0 Å². The van der Waals surface area contributed by atoms with E-state index in [1.54, 1.807) is 36.4 Å². The molecule has 1 atom stereocenters. The van der Waals surface area contributed by atoms with Crippen LogP contribution in [0.5, 0.6) is 5.75 Å². The van der Waals surface area contributed by atoms with Crippen molar-refractivity contribution in [2.75, 3.05) is 6.61 Å². The number of benzene rings is 3. The van der Waals surface area contributed by atoms with Crippen molar-refractivity contribution in [3.63, 3.8) is 0 Å². The summed E-state index contributed by atoms with van der Waals surface area (Å²) in [5.74, 6) is -2.82. The van der Waals surface area contributed by atoms with E-state index in [4.69, 9.17) is 9.47 Å². The van der Waals surface area contributed by atoms with Gasteiger partial charge in [-0.25, -0.2) is 9.59 Å². The van der Waals surface area contributed by atoms with Crippen molar-refractivity contribution >= 4 is 29.5 Å². The Morgan fingerprint density at radius 2 is 1.34 bits per heavy atom. The zero-order chi connectivity index (χ0) is 25.1. The van der Waals surface area contributed by atoms with Crippen LogP contribution >= 0.6 is 0 Å². The fourth-order valence-electron chi connectivity index (χ4n) is 3.57. The number of hydrogen-bond acceptors (Lipinski definition) is 7. The first-order valence-electron chi connectivity index (χ1n) is 10.8. The zero-order valence-corrected chi connectivity index (χ0v) is 19.0. The fraction of sp³-hybridized carbons (Fsp3) is 0.148. The van der Waals surface area contributed by atoms with Crippen LogP contribution < -0.4 is 4.74 Å². The van der Waals surface area contributed by atoms with Gasteiger partial charge in [-0.05, 0) is 62.4 Å². The van der Waals surface area contributed by atoms with Crippen molar-refractivity contribution in [3.05, 3.63) is 101 Å². The van der Waals surface area contributed by atoms with Crippen LogP contribution in [0.2, 0.25) is 0 Å². The van der Waals surface area contributed by atoms with Crippen molar-refractivity contribution in [2.45, 2.75) is 19.9 Å². The van der Waals surface area contributed by atoms with Crippen molar-refractivity contribution in [3.8, 4) is 5.75 Å². The maximum atomic E-state index is 12.5. The van der Waals surface area contributed by atoms with E-state index in [9.17, 15) is 24.0 Å². The third-order valence-electron chi connectivity index (χ3n) is 5.57. The van der Waals surface area contributed by atoms with Gasteiger partial charge in [-0.3, -0.25) is 19.3 Å². The molecule has 35 heavy (non-hydrogen) atoms. The van der Waals surface area contributed by atoms with Gasteiger partial charge in [-0.1, -0.05) is 29.8 Å². The lowest BCUT2D eigenvalue weighted by Crippen LogP contribution is -2.44. The number of ether oxygens (including phenoxy) is 2. The molecule has 0 saturated heterocycles. The number of carbonyl (C=O) groups excluding carboxylic acids is 5. The Morgan fingerprint density at radius 1 is 0.800 bits per heavy atom. The van der Waals surface area contributed by atoms with Crippen molar-refractivity contribution in [1.29, 1.82) is 0 Å². The number of imide groups is 1. The van der Waals surface area contributed by atoms with Gasteiger partial charge in [0.05, 0.1) is 16.7 Å². The molecule has 0 aliphatic carbocycles. The van der Waals surface area contributed by atoms with Crippen LogP contribution in [0, 0.1) is 6.92 Å². The summed E-state index contributed by atoms with van der Waals surface area (Å²) in [6.45, 7) is 2.70. The minimum atomic E-state index is -1.20. The standard InChI is InChI=1S/C27H21NO7/c1-16-7-9-19(10-8-16)27(33)35-20-13-11-18(12-14-20)23(29)15-34-26(32)17(2)28-24(30)21-5-3-4-6-22(21)25(28)31/h3-14,17H,15H2,1-2H3. The molecule has 0 saturated carbocycles. The normalized spacial score (nSPS) is 13.3. The molecule has 8 nitrogen and oxygen atoms in total. The fourth-order valence-corrected chi connectivity index (χ4v) is 3.57. The maximum absolute atomic E-state index is 12.5. The SMILES string of the molecule is Cc1ccc(C(=O)Oc2ccc(C(=O)COC(=O)C(C)N3C(=O)c4ccccc4C3=O)cc2)cc1. The lowest BCUT2D eigenvalue weighted by molar-refractivity contribution is -0.146. The number of amides is 2. The van der Waals surface area contributed by atoms with E-state index in [0.29, 0.717) is 5.56 Å². The molecule has 0 aromatic heterocycles. The van der Waals surface area contributed by atoms with Gasteiger partial charge < -0.3 is 9.47 Å². The smallest absolute Gasteiger partial charge is 0.343 e. The van der Waals surface area contributed by atoms with E-state index in [1.807, 2.05) is 6.92 Å². The zero-order valence-electron chi connectivity index (χ0n) is 19.0. The van der Waals surface area contributed by atoms with Crippen LogP contribution in [-0.2, 0) is 9.53 Å². The minimum absolute atomic E-state index is 0.219. The summed E-state index contributed by atoms with van der Waals surface area (Å²) in [5, 5.41) is 0. The number of nitrogens with zero attached hydrogens (tertiary/aromatic N) is 1. The van der Waals surface area contributed by atoms with E-state index in [2.05, 4.69) is 0 Å². The van der Waals surface area contributed by atoms with Crippen LogP contribution in [0.1, 0.15) is 53.9 Å². The molecule has 176 valence electrons. The highest BCUT2D eigenvalue weighted by Crippen LogP contribution is 2.25. The first kappa shape index (κ1) is 23.6. The molecule has 1 aliphatic heterocycles. The number of Topliss-reactive ketones (excluding diaryl/α,β-unsaturated/α-hetero) is 1. The second kappa shape index (κ2) is 9.72. The van der Waals surface area contributed by atoms with E-state index in [1.165, 1.54) is 43.3 Å². The molecule has 0 radical (unpaired) electrons. The lowest BCUT2D eigenvalue weighted by Gasteiger charge is -2.20. The van der Waals surface area contributed by atoms with Crippen LogP contribution in [0.15, 0.2) is 72.8 Å². The average Bonchev–Trinajstić information content (AvgIpc) is 3.12. The molecule has 4 rings (SSSR count). The van der Waals surface area contributed by atoms with E-state index >= 15 is 0 Å². The number of carbonyl (C=O) groups is 5. The molecule has 1 unspecified atom stereocenters. The molecule has 8 heteroatoms. The molecule has 1 aliphatic rings. The highest BCUT2D eigenvalue weighted by molar-refractivity contribution is 6.22. The van der Waals surface area contributed by atoms with Gasteiger partial charge in [0.2, 0.25) is 0 Å². The Kier molecular flexibility index (Phi) is 6.55. The molecule has 1 heterocycles. The van der Waals surface area contributed by atoms with Gasteiger partial charge in [0, 0.05) is 5.56 Å². The molecular weight excluding hydrogens is 450 g/mol. The predicted octanol–water partition coefficient (Wildman–Crippen LogP) is 3.62. The van der Waals surface area contributed by atoms with E-state index in [-0.39, 0.29) is 22.4 Å². The topological polar surface area (TPSA) is 107 Å². The number of esters is 2. The van der Waals surface area contributed by atoms with Crippen LogP contribution in [0.3, 0.4) is 0 Å². The third-order valence-corrected chi connectivity index (χ3v) is 5.57. The summed E-state index contributed by atoms with van der Waals surface area (Å²) in [6, 6.07) is 17.8. The molecule has 2 amide bonds. The highest BCUT2D eigenvalue weighted by atomic mass is 16.5. The number of aryl methyl sites for hydroxylation is 1. The van der Waals surface area contributed by atoms with Crippen LogP contribution in [0.4, 0.5) is 0 Å². The average molecular weight is 471 g/mol. The van der Waals surface area contributed by atoms with Crippen molar-refractivity contribution in [2.24, 2.45) is 0 Å². The molecule has 0 fully saturated rings. The summed E-state index contributed by atoms with van der Waals surface area (Å²) in [5.41, 5.74) is 2.09. The highest BCUT2D eigenvalue weighted by Gasteiger charge is 2.41. The second-order valence-electron chi connectivity index (χ2n) is 8.01. The molecule has 0 spiro atoms. The van der Waals surface area contributed by atoms with Gasteiger partial charge in [0.15, 0.2) is 12.4 Å². The Labute approximate surface area is 201 Å². The first-order chi connectivity index (χ1) is 16.8. The molecular formula is C27H21NO7. The Bertz CT molecular complexity index is 1290. The number of rotatable bonds is 7. The number of fused-ring (bicyclic) bond motifs is 1. The minimum Gasteiger partial charge on any atom is -0.456 e. The van der Waals surface area contributed by atoms with Crippen LogP contribution in [0.25, 0.3) is 0 Å². The van der Waals surface area contributed by atoms with E-state index < -0.39 is 42.2 Å². The molecule has 0 bridgehead atoms. The summed E-state index contributed by atoms with van der Waals surface area (Å²) in [7, 11) is 0. The first-order valence-corrected chi connectivity index (χ1v) is 10.8. The van der Waals surface area contributed by atoms with Gasteiger partial charge >= 0.3 is 11.9 Å². The van der Waals surface area contributed by atoms with Crippen LogP contribution in [-0.4, -0.2) is 47.1 Å². The quantitative estimate of drug-likeness (QED) is 0.224. The molecule has 0 N–H and O–H groups in total. The number of ketones is 1. The number of hydrogen-bond donors (Lipinski definition) is 0. The predicted molar refractivity (Wildman–Crippen MR) is 124 cm³/mol. The third kappa shape index (κ3) is 4.86.